The van der Waals surface area contributed by atoms with E-state index in [1.807, 2.05) is 0 Å². The number of nitrogens with zero attached hydrogens (tertiary/aromatic N) is 1. The first-order chi connectivity index (χ1) is 4.87. The zero-order valence-corrected chi connectivity index (χ0v) is 7.87. The van der Waals surface area contributed by atoms with E-state index in [0.717, 1.165) is 0 Å². The predicted octanol–water partition coefficient (Wildman–Crippen LogP) is -0.732. The topological polar surface area (TPSA) is 69.6 Å². The van der Waals surface area contributed by atoms with Crippen molar-refractivity contribution in [2.24, 2.45) is 0 Å². The minimum atomic E-state index is -3.98. The Kier molecular flexibility index (Phi) is 3.70. The van der Waals surface area contributed by atoms with E-state index in [1.54, 1.807) is 7.05 Å². The molecule has 5 nitrogen and oxygen atoms in total. The molecule has 0 aliphatic heterocycles. The first kappa shape index (κ1) is 10.6. The van der Waals surface area contributed by atoms with Crippen molar-refractivity contribution in [3.8, 4) is 0 Å². The lowest BCUT2D eigenvalue weighted by atomic mass is 10.8. The molecule has 0 saturated heterocycles. The van der Waals surface area contributed by atoms with E-state index in [0.29, 0.717) is 0 Å². The van der Waals surface area contributed by atoms with Gasteiger partial charge in [0.25, 0.3) is 10.1 Å². The van der Waals surface area contributed by atoms with Gasteiger partial charge in [-0.1, -0.05) is 0 Å². The molecule has 0 aromatic heterocycles. The Bertz CT molecular complexity index is 236. The molecule has 0 spiro atoms. The van der Waals surface area contributed by atoms with Crippen molar-refractivity contribution in [3.05, 3.63) is 0 Å². The Morgan fingerprint density at radius 1 is 1.73 bits per heavy atom. The molecule has 0 aromatic carbocycles. The quantitative estimate of drug-likeness (QED) is 0.450. The Morgan fingerprint density at radius 3 is 2.45 bits per heavy atom. The molecule has 0 atom stereocenters. The van der Waals surface area contributed by atoms with Gasteiger partial charge >= 0.3 is 0 Å². The Hall–Kier alpha value is -0.400. The van der Waals surface area contributed by atoms with Crippen LogP contribution < -0.4 is 5.32 Å². The number of thiocarbonyl (C=S) groups is 1. The van der Waals surface area contributed by atoms with Crippen LogP contribution in [0.2, 0.25) is 0 Å². The average molecular weight is 198 g/mol. The van der Waals surface area contributed by atoms with Gasteiger partial charge in [-0.2, -0.15) is 8.42 Å². The number of hydrogen-bond donors (Lipinski definition) is 2. The molecule has 0 aliphatic rings. The SMILES string of the molecule is CNC(=S)N(C)CS(=O)(=O)O. The van der Waals surface area contributed by atoms with Crippen LogP contribution in [0.3, 0.4) is 0 Å². The average Bonchev–Trinajstić information content (AvgIpc) is 1.82. The van der Waals surface area contributed by atoms with Crippen molar-refractivity contribution in [2.45, 2.75) is 0 Å². The van der Waals surface area contributed by atoms with E-state index >= 15 is 0 Å². The Labute approximate surface area is 71.1 Å². The summed E-state index contributed by atoms with van der Waals surface area (Å²) >= 11 is 4.69. The van der Waals surface area contributed by atoms with Crippen LogP contribution >= 0.6 is 12.2 Å². The summed E-state index contributed by atoms with van der Waals surface area (Å²) < 4.78 is 29.0. The molecule has 0 aliphatic carbocycles. The molecule has 2 N–H and O–H groups in total. The highest BCUT2D eigenvalue weighted by Gasteiger charge is 2.10. The van der Waals surface area contributed by atoms with Gasteiger partial charge in [-0.3, -0.25) is 4.55 Å². The largest absolute Gasteiger partial charge is 0.366 e. The molecule has 7 heteroatoms. The molecule has 66 valence electrons. The third kappa shape index (κ3) is 4.93. The first-order valence-electron chi connectivity index (χ1n) is 2.75. The van der Waals surface area contributed by atoms with Crippen LogP contribution in [0.5, 0.6) is 0 Å². The minimum absolute atomic E-state index is 0.266. The van der Waals surface area contributed by atoms with Crippen molar-refractivity contribution >= 4 is 27.4 Å². The van der Waals surface area contributed by atoms with E-state index in [1.165, 1.54) is 11.9 Å². The summed E-state index contributed by atoms with van der Waals surface area (Å²) in [5.74, 6) is -0.493. The van der Waals surface area contributed by atoms with Crippen LogP contribution in [-0.2, 0) is 10.1 Å². The molecule has 0 unspecified atom stereocenters. The molecule has 0 saturated carbocycles. The normalized spacial score (nSPS) is 10.8. The molecule has 0 radical (unpaired) electrons. The highest BCUT2D eigenvalue weighted by Crippen LogP contribution is 1.89. The zero-order chi connectivity index (χ0) is 9.07. The van der Waals surface area contributed by atoms with Crippen LogP contribution in [0.15, 0.2) is 0 Å². The molecular weight excluding hydrogens is 188 g/mol. The van der Waals surface area contributed by atoms with Crippen molar-refractivity contribution in [1.29, 1.82) is 0 Å². The van der Waals surface area contributed by atoms with Crippen molar-refractivity contribution < 1.29 is 13.0 Å². The summed E-state index contributed by atoms with van der Waals surface area (Å²) in [5, 5.41) is 2.84. The fourth-order valence-electron chi connectivity index (χ4n) is 0.494. The maximum atomic E-state index is 10.3. The first-order valence-corrected chi connectivity index (χ1v) is 4.76. The van der Waals surface area contributed by atoms with E-state index in [4.69, 9.17) is 4.55 Å². The smallest absolute Gasteiger partial charge is 0.283 e. The highest BCUT2D eigenvalue weighted by molar-refractivity contribution is 7.85. The summed E-state index contributed by atoms with van der Waals surface area (Å²) in [6.07, 6.45) is 0. The monoisotopic (exact) mass is 198 g/mol. The highest BCUT2D eigenvalue weighted by atomic mass is 32.2. The van der Waals surface area contributed by atoms with Gasteiger partial charge in [-0.25, -0.2) is 0 Å². The second kappa shape index (κ2) is 3.84. The fraction of sp³-hybridized carbons (Fsp3) is 0.750. The Morgan fingerprint density at radius 2 is 2.18 bits per heavy atom. The summed E-state index contributed by atoms with van der Waals surface area (Å²) in [5.41, 5.74) is 0. The lowest BCUT2D eigenvalue weighted by Gasteiger charge is -2.16. The molecule has 0 heterocycles. The maximum absolute atomic E-state index is 10.3. The van der Waals surface area contributed by atoms with Crippen molar-refractivity contribution in [2.75, 3.05) is 20.0 Å². The van der Waals surface area contributed by atoms with Gasteiger partial charge in [0.2, 0.25) is 0 Å². The Balaban J connectivity index is 4.09. The fourth-order valence-corrected chi connectivity index (χ4v) is 1.26. The lowest BCUT2D eigenvalue weighted by molar-refractivity contribution is 0.452. The molecule has 0 fully saturated rings. The second-order valence-corrected chi connectivity index (χ2v) is 3.77. The van der Waals surface area contributed by atoms with Gasteiger partial charge < -0.3 is 10.2 Å². The third-order valence-corrected chi connectivity index (χ3v) is 2.15. The molecule has 0 amide bonds. The van der Waals surface area contributed by atoms with Gasteiger partial charge in [0.1, 0.15) is 5.88 Å². The zero-order valence-electron chi connectivity index (χ0n) is 6.23. The molecule has 11 heavy (non-hydrogen) atoms. The van der Waals surface area contributed by atoms with E-state index in [-0.39, 0.29) is 5.11 Å². The summed E-state index contributed by atoms with van der Waals surface area (Å²) in [6, 6.07) is 0. The lowest BCUT2D eigenvalue weighted by Crippen LogP contribution is -2.37. The summed E-state index contributed by atoms with van der Waals surface area (Å²) in [4.78, 5) is 1.21. The van der Waals surface area contributed by atoms with Crippen LogP contribution in [0.1, 0.15) is 0 Å². The molecule has 0 rings (SSSR count). The number of nitrogens with one attached hydrogen (secondary N) is 1. The predicted molar refractivity (Wildman–Crippen MR) is 45.8 cm³/mol. The van der Waals surface area contributed by atoms with Gasteiger partial charge in [-0.15, -0.1) is 0 Å². The number of rotatable bonds is 2. The summed E-state index contributed by atoms with van der Waals surface area (Å²) in [7, 11) is -0.943. The van der Waals surface area contributed by atoms with E-state index in [2.05, 4.69) is 17.5 Å². The number of hydrogen-bond acceptors (Lipinski definition) is 3. The minimum Gasteiger partial charge on any atom is -0.366 e. The summed E-state index contributed by atoms with van der Waals surface area (Å²) in [6.45, 7) is 0. The standard InChI is InChI=1S/C4H10N2O3S2/c1-5-4(10)6(2)3-11(7,8)9/h3H2,1-2H3,(H,5,10)(H,7,8,9). The van der Waals surface area contributed by atoms with Crippen molar-refractivity contribution in [3.63, 3.8) is 0 Å². The van der Waals surface area contributed by atoms with Gasteiger partial charge in [-0.05, 0) is 12.2 Å². The van der Waals surface area contributed by atoms with Gasteiger partial charge in [0, 0.05) is 14.1 Å². The molecular formula is C4H10N2O3S2. The van der Waals surface area contributed by atoms with Crippen LogP contribution in [0.25, 0.3) is 0 Å². The van der Waals surface area contributed by atoms with Crippen LogP contribution in [0.4, 0.5) is 0 Å². The van der Waals surface area contributed by atoms with Crippen LogP contribution in [-0.4, -0.2) is 43.0 Å². The van der Waals surface area contributed by atoms with Crippen molar-refractivity contribution in [1.82, 2.24) is 10.2 Å². The van der Waals surface area contributed by atoms with Gasteiger partial charge in [0.05, 0.1) is 0 Å². The molecule has 0 bridgehead atoms. The van der Waals surface area contributed by atoms with Gasteiger partial charge in [0.15, 0.2) is 5.11 Å². The molecule has 0 aromatic rings. The second-order valence-electron chi connectivity index (χ2n) is 1.96. The van der Waals surface area contributed by atoms with Crippen LogP contribution in [0, 0.1) is 0 Å². The third-order valence-electron chi connectivity index (χ3n) is 0.917. The maximum Gasteiger partial charge on any atom is 0.283 e. The van der Waals surface area contributed by atoms with E-state index in [9.17, 15) is 8.42 Å². The van der Waals surface area contributed by atoms with E-state index < -0.39 is 16.0 Å².